The van der Waals surface area contributed by atoms with Crippen molar-refractivity contribution in [2.24, 2.45) is 0 Å². The van der Waals surface area contributed by atoms with Crippen molar-refractivity contribution in [2.45, 2.75) is 27.4 Å². The van der Waals surface area contributed by atoms with E-state index in [0.717, 1.165) is 5.56 Å². The summed E-state index contributed by atoms with van der Waals surface area (Å²) >= 11 is 0. The molecule has 0 saturated heterocycles. The van der Waals surface area contributed by atoms with Crippen LogP contribution in [0.3, 0.4) is 0 Å². The summed E-state index contributed by atoms with van der Waals surface area (Å²) in [7, 11) is 0. The van der Waals surface area contributed by atoms with E-state index in [-0.39, 0.29) is 6.61 Å². The second-order valence-corrected chi connectivity index (χ2v) is 4.48. The van der Waals surface area contributed by atoms with Crippen molar-refractivity contribution in [3.8, 4) is 11.1 Å². The zero-order valence-electron chi connectivity index (χ0n) is 10.6. The van der Waals surface area contributed by atoms with Crippen LogP contribution in [-0.4, -0.2) is 5.11 Å². The van der Waals surface area contributed by atoms with Crippen LogP contribution < -0.4 is 0 Å². The van der Waals surface area contributed by atoms with Gasteiger partial charge in [0.15, 0.2) is 0 Å². The van der Waals surface area contributed by atoms with E-state index in [1.54, 1.807) is 0 Å². The molecule has 0 amide bonds. The van der Waals surface area contributed by atoms with Gasteiger partial charge < -0.3 is 5.11 Å². The third-order valence-electron chi connectivity index (χ3n) is 3.58. The predicted octanol–water partition coefficient (Wildman–Crippen LogP) is 3.77. The van der Waals surface area contributed by atoms with Gasteiger partial charge in [0.25, 0.3) is 0 Å². The van der Waals surface area contributed by atoms with Crippen molar-refractivity contribution < 1.29 is 5.11 Å². The number of hydrogen-bond acceptors (Lipinski definition) is 1. The number of aliphatic hydroxyl groups is 1. The summed E-state index contributed by atoms with van der Waals surface area (Å²) in [5.41, 5.74) is 7.22. The second kappa shape index (κ2) is 4.72. The lowest BCUT2D eigenvalue weighted by atomic mass is 9.91. The fraction of sp³-hybridized carbons (Fsp3) is 0.250. The molecule has 0 aliphatic heterocycles. The summed E-state index contributed by atoms with van der Waals surface area (Å²) < 4.78 is 0. The Balaban J connectivity index is 2.67. The molecule has 0 heterocycles. The minimum atomic E-state index is 0.104. The van der Waals surface area contributed by atoms with Gasteiger partial charge in [-0.25, -0.2) is 0 Å². The average Bonchev–Trinajstić information content (AvgIpc) is 2.37. The van der Waals surface area contributed by atoms with E-state index < -0.39 is 0 Å². The minimum absolute atomic E-state index is 0.104. The van der Waals surface area contributed by atoms with E-state index in [9.17, 15) is 5.11 Å². The molecule has 17 heavy (non-hydrogen) atoms. The summed E-state index contributed by atoms with van der Waals surface area (Å²) in [4.78, 5) is 0. The molecule has 1 N–H and O–H groups in total. The van der Waals surface area contributed by atoms with E-state index in [0.29, 0.717) is 0 Å². The number of benzene rings is 2. The lowest BCUT2D eigenvalue weighted by Gasteiger charge is -2.15. The van der Waals surface area contributed by atoms with Crippen LogP contribution in [0.25, 0.3) is 11.1 Å². The topological polar surface area (TPSA) is 20.2 Å². The van der Waals surface area contributed by atoms with Gasteiger partial charge in [0, 0.05) is 0 Å². The molecule has 0 saturated carbocycles. The van der Waals surface area contributed by atoms with Gasteiger partial charge >= 0.3 is 0 Å². The Labute approximate surface area is 103 Å². The second-order valence-electron chi connectivity index (χ2n) is 4.48. The maximum absolute atomic E-state index is 9.41. The first-order valence-electron chi connectivity index (χ1n) is 5.91. The highest BCUT2D eigenvalue weighted by atomic mass is 16.3. The van der Waals surface area contributed by atoms with Crippen LogP contribution in [0.2, 0.25) is 0 Å². The van der Waals surface area contributed by atoms with Crippen LogP contribution in [0.15, 0.2) is 36.4 Å². The number of aliphatic hydroxyl groups excluding tert-OH is 1. The quantitative estimate of drug-likeness (QED) is 0.826. The van der Waals surface area contributed by atoms with Crippen LogP contribution >= 0.6 is 0 Å². The van der Waals surface area contributed by atoms with Crippen molar-refractivity contribution in [3.63, 3.8) is 0 Å². The molecule has 2 aromatic carbocycles. The zero-order valence-corrected chi connectivity index (χ0v) is 10.6. The lowest BCUT2D eigenvalue weighted by molar-refractivity contribution is 0.281. The summed E-state index contributed by atoms with van der Waals surface area (Å²) in [6.07, 6.45) is 0. The molecule has 0 spiro atoms. The highest BCUT2D eigenvalue weighted by Gasteiger charge is 2.10. The molecule has 0 bridgehead atoms. The summed E-state index contributed by atoms with van der Waals surface area (Å²) in [6, 6.07) is 12.4. The van der Waals surface area contributed by atoms with Gasteiger partial charge in [-0.3, -0.25) is 0 Å². The molecule has 1 heteroatoms. The largest absolute Gasteiger partial charge is 0.392 e. The van der Waals surface area contributed by atoms with Crippen molar-refractivity contribution in [1.82, 2.24) is 0 Å². The molecule has 2 aromatic rings. The van der Waals surface area contributed by atoms with E-state index in [4.69, 9.17) is 0 Å². The van der Waals surface area contributed by atoms with Gasteiger partial charge in [-0.15, -0.1) is 0 Å². The normalized spacial score (nSPS) is 10.6. The van der Waals surface area contributed by atoms with E-state index in [2.05, 4.69) is 39.0 Å². The molecule has 0 aromatic heterocycles. The molecular weight excluding hydrogens is 208 g/mol. The molecule has 0 unspecified atom stereocenters. The van der Waals surface area contributed by atoms with E-state index >= 15 is 0 Å². The van der Waals surface area contributed by atoms with Gasteiger partial charge in [0.2, 0.25) is 0 Å². The summed E-state index contributed by atoms with van der Waals surface area (Å²) in [6.45, 7) is 6.44. The van der Waals surface area contributed by atoms with Crippen LogP contribution in [0, 0.1) is 20.8 Å². The highest BCUT2D eigenvalue weighted by Crippen LogP contribution is 2.29. The molecular formula is C16H18O. The number of rotatable bonds is 2. The first-order chi connectivity index (χ1) is 8.15. The lowest BCUT2D eigenvalue weighted by Crippen LogP contribution is -1.97. The van der Waals surface area contributed by atoms with Crippen LogP contribution in [0.4, 0.5) is 0 Å². The third-order valence-corrected chi connectivity index (χ3v) is 3.58. The van der Waals surface area contributed by atoms with E-state index in [1.807, 2.05) is 18.2 Å². The minimum Gasteiger partial charge on any atom is -0.392 e. The highest BCUT2D eigenvalue weighted by molar-refractivity contribution is 5.70. The van der Waals surface area contributed by atoms with Crippen LogP contribution in [0.1, 0.15) is 22.3 Å². The first kappa shape index (κ1) is 11.9. The molecule has 1 nitrogen and oxygen atoms in total. The molecule has 88 valence electrons. The molecule has 0 aliphatic rings. The Hall–Kier alpha value is -1.60. The predicted molar refractivity (Wildman–Crippen MR) is 72.0 cm³/mol. The Morgan fingerprint density at radius 1 is 0.882 bits per heavy atom. The van der Waals surface area contributed by atoms with Crippen molar-refractivity contribution in [1.29, 1.82) is 0 Å². The molecule has 2 rings (SSSR count). The van der Waals surface area contributed by atoms with Gasteiger partial charge in [-0.2, -0.15) is 0 Å². The summed E-state index contributed by atoms with van der Waals surface area (Å²) in [5, 5.41) is 9.41. The Morgan fingerprint density at radius 2 is 1.53 bits per heavy atom. The zero-order chi connectivity index (χ0) is 12.4. The average molecular weight is 226 g/mol. The summed E-state index contributed by atoms with van der Waals surface area (Å²) in [5.74, 6) is 0. The number of hydrogen-bond donors (Lipinski definition) is 1. The molecule has 0 fully saturated rings. The smallest absolute Gasteiger partial charge is 0.0684 e. The van der Waals surface area contributed by atoms with Crippen molar-refractivity contribution >= 4 is 0 Å². The Morgan fingerprint density at radius 3 is 2.12 bits per heavy atom. The first-order valence-corrected chi connectivity index (χ1v) is 5.91. The maximum atomic E-state index is 9.41. The van der Waals surface area contributed by atoms with Gasteiger partial charge in [0.1, 0.15) is 0 Å². The van der Waals surface area contributed by atoms with Crippen LogP contribution in [-0.2, 0) is 6.61 Å². The Kier molecular flexibility index (Phi) is 3.30. The standard InChI is InChI=1S/C16H18O/c1-11-12(2)15(10-17)9-16(13(11)3)14-7-5-4-6-8-14/h4-9,17H,10H2,1-3H3. The SMILES string of the molecule is Cc1c(CO)cc(-c2ccccc2)c(C)c1C. The monoisotopic (exact) mass is 226 g/mol. The van der Waals surface area contributed by atoms with Gasteiger partial charge in [0.05, 0.1) is 6.61 Å². The van der Waals surface area contributed by atoms with E-state index in [1.165, 1.54) is 27.8 Å². The molecule has 0 aliphatic carbocycles. The molecule has 0 atom stereocenters. The third kappa shape index (κ3) is 2.11. The van der Waals surface area contributed by atoms with Gasteiger partial charge in [-0.1, -0.05) is 30.3 Å². The van der Waals surface area contributed by atoms with Crippen molar-refractivity contribution in [2.75, 3.05) is 0 Å². The molecule has 0 radical (unpaired) electrons. The van der Waals surface area contributed by atoms with Gasteiger partial charge in [-0.05, 0) is 60.2 Å². The Bertz CT molecular complexity index is 527. The fourth-order valence-corrected chi connectivity index (χ4v) is 2.20. The van der Waals surface area contributed by atoms with Crippen molar-refractivity contribution in [3.05, 3.63) is 58.7 Å². The van der Waals surface area contributed by atoms with Crippen LogP contribution in [0.5, 0.6) is 0 Å². The maximum Gasteiger partial charge on any atom is 0.0684 e. The fourth-order valence-electron chi connectivity index (χ4n) is 2.20.